The lowest BCUT2D eigenvalue weighted by Crippen LogP contribution is -2.14. The van der Waals surface area contributed by atoms with Crippen LogP contribution in [0.2, 0.25) is 0 Å². The van der Waals surface area contributed by atoms with E-state index in [0.29, 0.717) is 11.5 Å². The number of rotatable bonds is 4. The summed E-state index contributed by atoms with van der Waals surface area (Å²) in [5.74, 6) is 0.630. The molecule has 0 amide bonds. The second-order valence-electron chi connectivity index (χ2n) is 6.92. The van der Waals surface area contributed by atoms with Crippen LogP contribution in [0.4, 0.5) is 5.69 Å². The van der Waals surface area contributed by atoms with Gasteiger partial charge in [0.2, 0.25) is 0 Å². The van der Waals surface area contributed by atoms with Crippen LogP contribution in [-0.4, -0.2) is 27.4 Å². The Morgan fingerprint density at radius 3 is 2.46 bits per heavy atom. The van der Waals surface area contributed by atoms with Crippen LogP contribution in [-0.2, 0) is 17.1 Å². The molecule has 0 atom stereocenters. The molecule has 0 aliphatic rings. The zero-order valence-electron chi connectivity index (χ0n) is 16.1. The number of nitrogens with one attached hydrogen (secondary N) is 1. The van der Waals surface area contributed by atoms with E-state index in [9.17, 15) is 8.42 Å². The molecule has 0 spiro atoms. The fraction of sp³-hybridized carbons (Fsp3) is 0.200. The summed E-state index contributed by atoms with van der Waals surface area (Å²) >= 11 is 0. The molecule has 3 heterocycles. The number of anilines is 1. The highest BCUT2D eigenvalue weighted by molar-refractivity contribution is 7.92. The molecule has 3 aromatic heterocycles. The molecule has 144 valence electrons. The summed E-state index contributed by atoms with van der Waals surface area (Å²) in [5, 5.41) is 0.000609. The summed E-state index contributed by atoms with van der Waals surface area (Å²) in [5.41, 5.74) is 4.90. The van der Waals surface area contributed by atoms with Gasteiger partial charge >= 0.3 is 0 Å². The molecule has 0 aliphatic carbocycles. The van der Waals surface area contributed by atoms with Crippen molar-refractivity contribution in [1.29, 1.82) is 0 Å². The summed E-state index contributed by atoms with van der Waals surface area (Å²) in [6, 6.07) is 9.61. The Hall–Kier alpha value is -3.13. The molecule has 0 bridgehead atoms. The molecule has 0 fully saturated rings. The van der Waals surface area contributed by atoms with Crippen LogP contribution in [0, 0.1) is 20.8 Å². The van der Waals surface area contributed by atoms with Gasteiger partial charge in [-0.05, 0) is 44.0 Å². The molecule has 4 aromatic rings. The largest absolute Gasteiger partial charge is 0.337 e. The summed E-state index contributed by atoms with van der Waals surface area (Å²) in [4.78, 5) is 8.82. The summed E-state index contributed by atoms with van der Waals surface area (Å²) < 4.78 is 31.8. The molecule has 0 unspecified atom stereocenters. The van der Waals surface area contributed by atoms with Crippen LogP contribution >= 0.6 is 0 Å². The smallest absolute Gasteiger partial charge is 0.280 e. The van der Waals surface area contributed by atoms with Gasteiger partial charge < -0.3 is 8.97 Å². The van der Waals surface area contributed by atoms with Gasteiger partial charge in [-0.3, -0.25) is 4.72 Å². The first-order valence-corrected chi connectivity index (χ1v) is 10.3. The fourth-order valence-electron chi connectivity index (χ4n) is 3.04. The highest BCUT2D eigenvalue weighted by Gasteiger charge is 2.20. The lowest BCUT2D eigenvalue weighted by atomic mass is 10.1. The standard InChI is InChI=1S/C20H21N5O2S/c1-13-7-8-16(18-11-25-9-5-6-14(2)20(25)22-18)10-17(13)23-28(26,27)19-12-24(4)15(3)21-19/h5-12,23H,1-4H3. The van der Waals surface area contributed by atoms with Crippen LogP contribution in [0.25, 0.3) is 16.9 Å². The fourth-order valence-corrected chi connectivity index (χ4v) is 4.20. The lowest BCUT2D eigenvalue weighted by Gasteiger charge is -2.10. The number of nitrogens with zero attached hydrogens (tertiary/aromatic N) is 4. The number of imidazole rings is 2. The number of sulfonamides is 1. The van der Waals surface area contributed by atoms with Gasteiger partial charge in [0.05, 0.1) is 11.4 Å². The Bertz CT molecular complexity index is 1280. The third-order valence-electron chi connectivity index (χ3n) is 4.82. The molecule has 4 rings (SSSR count). The maximum absolute atomic E-state index is 12.7. The molecule has 0 saturated heterocycles. The predicted octanol–water partition coefficient (Wildman–Crippen LogP) is 3.46. The molecule has 0 aliphatic heterocycles. The molecule has 0 radical (unpaired) electrons. The minimum atomic E-state index is -3.78. The topological polar surface area (TPSA) is 81.3 Å². The molecular formula is C20H21N5O2S. The number of hydrogen-bond donors (Lipinski definition) is 1. The van der Waals surface area contributed by atoms with Gasteiger partial charge in [-0.25, -0.2) is 9.97 Å². The Labute approximate surface area is 163 Å². The van der Waals surface area contributed by atoms with Gasteiger partial charge in [0, 0.05) is 31.2 Å². The van der Waals surface area contributed by atoms with E-state index >= 15 is 0 Å². The van der Waals surface area contributed by atoms with Crippen molar-refractivity contribution in [1.82, 2.24) is 18.9 Å². The third kappa shape index (κ3) is 3.16. The first kappa shape index (κ1) is 18.2. The van der Waals surface area contributed by atoms with Crippen molar-refractivity contribution >= 4 is 21.4 Å². The van der Waals surface area contributed by atoms with Crippen LogP contribution < -0.4 is 4.72 Å². The first-order chi connectivity index (χ1) is 13.2. The first-order valence-electron chi connectivity index (χ1n) is 8.83. The van der Waals surface area contributed by atoms with E-state index in [2.05, 4.69) is 9.71 Å². The molecule has 7 nitrogen and oxygen atoms in total. The van der Waals surface area contributed by atoms with Crippen molar-refractivity contribution in [3.05, 3.63) is 65.9 Å². The second-order valence-corrected chi connectivity index (χ2v) is 8.55. The van der Waals surface area contributed by atoms with E-state index in [1.807, 2.05) is 54.9 Å². The zero-order valence-corrected chi connectivity index (χ0v) is 16.9. The van der Waals surface area contributed by atoms with Crippen LogP contribution in [0.5, 0.6) is 0 Å². The monoisotopic (exact) mass is 395 g/mol. The number of fused-ring (bicyclic) bond motifs is 1. The van der Waals surface area contributed by atoms with E-state index < -0.39 is 10.0 Å². The molecular weight excluding hydrogens is 374 g/mol. The van der Waals surface area contributed by atoms with Crippen molar-refractivity contribution in [2.45, 2.75) is 25.8 Å². The van der Waals surface area contributed by atoms with Crippen LogP contribution in [0.1, 0.15) is 17.0 Å². The molecule has 28 heavy (non-hydrogen) atoms. The van der Waals surface area contributed by atoms with E-state index in [0.717, 1.165) is 28.0 Å². The van der Waals surface area contributed by atoms with Crippen molar-refractivity contribution in [3.8, 4) is 11.3 Å². The SMILES string of the molecule is Cc1ccc(-c2cn3cccc(C)c3n2)cc1NS(=O)(=O)c1cn(C)c(C)n1. The number of benzene rings is 1. The van der Waals surface area contributed by atoms with Crippen LogP contribution in [0.3, 0.4) is 0 Å². The van der Waals surface area contributed by atoms with Gasteiger partial charge in [-0.1, -0.05) is 18.2 Å². The normalized spacial score (nSPS) is 11.9. The minimum Gasteiger partial charge on any atom is -0.337 e. The summed E-state index contributed by atoms with van der Waals surface area (Å²) in [6.07, 6.45) is 5.38. The number of aryl methyl sites for hydroxylation is 4. The molecule has 0 saturated carbocycles. The minimum absolute atomic E-state index is 0.000609. The van der Waals surface area contributed by atoms with Crippen molar-refractivity contribution < 1.29 is 8.42 Å². The highest BCUT2D eigenvalue weighted by atomic mass is 32.2. The molecule has 1 aromatic carbocycles. The highest BCUT2D eigenvalue weighted by Crippen LogP contribution is 2.27. The van der Waals surface area contributed by atoms with Gasteiger partial charge in [0.15, 0.2) is 5.03 Å². The Morgan fingerprint density at radius 1 is 1.00 bits per heavy atom. The maximum atomic E-state index is 12.7. The zero-order chi connectivity index (χ0) is 20.1. The van der Waals surface area contributed by atoms with E-state index in [-0.39, 0.29) is 5.03 Å². The van der Waals surface area contributed by atoms with Crippen molar-refractivity contribution in [3.63, 3.8) is 0 Å². The Balaban J connectivity index is 1.73. The van der Waals surface area contributed by atoms with Gasteiger partial charge in [0.25, 0.3) is 10.0 Å². The number of pyridine rings is 1. The van der Waals surface area contributed by atoms with Gasteiger partial charge in [-0.15, -0.1) is 0 Å². The number of hydrogen-bond acceptors (Lipinski definition) is 4. The van der Waals surface area contributed by atoms with E-state index in [1.54, 1.807) is 24.6 Å². The van der Waals surface area contributed by atoms with Gasteiger partial charge in [-0.2, -0.15) is 8.42 Å². The average Bonchev–Trinajstić information content (AvgIpc) is 3.22. The average molecular weight is 395 g/mol. The van der Waals surface area contributed by atoms with E-state index in [4.69, 9.17) is 4.98 Å². The molecule has 8 heteroatoms. The van der Waals surface area contributed by atoms with E-state index in [1.165, 1.54) is 6.20 Å². The second kappa shape index (κ2) is 6.49. The Morgan fingerprint density at radius 2 is 1.79 bits per heavy atom. The quantitative estimate of drug-likeness (QED) is 0.574. The number of aromatic nitrogens is 4. The summed E-state index contributed by atoms with van der Waals surface area (Å²) in [7, 11) is -2.01. The van der Waals surface area contributed by atoms with Crippen LogP contribution in [0.15, 0.2) is 53.9 Å². The Kier molecular flexibility index (Phi) is 4.23. The third-order valence-corrected chi connectivity index (χ3v) is 6.05. The predicted molar refractivity (Wildman–Crippen MR) is 109 cm³/mol. The lowest BCUT2D eigenvalue weighted by molar-refractivity contribution is 0.598. The maximum Gasteiger partial charge on any atom is 0.280 e. The molecule has 1 N–H and O–H groups in total. The van der Waals surface area contributed by atoms with Crippen molar-refractivity contribution in [2.75, 3.05) is 4.72 Å². The summed E-state index contributed by atoms with van der Waals surface area (Å²) in [6.45, 7) is 5.63. The van der Waals surface area contributed by atoms with Gasteiger partial charge in [0.1, 0.15) is 11.5 Å². The van der Waals surface area contributed by atoms with Crippen molar-refractivity contribution in [2.24, 2.45) is 7.05 Å².